The molecule has 0 fully saturated rings. The van der Waals surface area contributed by atoms with Crippen LogP contribution >= 0.6 is 0 Å². The SMILES string of the molecule is Cc1cccc(C)c1C[C@@H](NC(=O)[C@H](CO)NC(=O)OCc1ccccc1)C(N)=O. The number of hydrogen-bond acceptors (Lipinski definition) is 5. The Morgan fingerprint density at radius 1 is 0.967 bits per heavy atom. The minimum Gasteiger partial charge on any atom is -0.445 e. The quantitative estimate of drug-likeness (QED) is 0.489. The van der Waals surface area contributed by atoms with E-state index in [1.165, 1.54) is 0 Å². The number of rotatable bonds is 9. The lowest BCUT2D eigenvalue weighted by atomic mass is 9.96. The van der Waals surface area contributed by atoms with E-state index in [9.17, 15) is 19.5 Å². The fourth-order valence-corrected chi connectivity index (χ4v) is 2.97. The van der Waals surface area contributed by atoms with E-state index in [0.29, 0.717) is 0 Å². The standard InChI is InChI=1S/C22H27N3O5/c1-14-7-6-8-15(2)17(14)11-18(20(23)27)24-21(28)19(12-26)25-22(29)30-13-16-9-4-3-5-10-16/h3-10,18-19,26H,11-13H2,1-2H3,(H2,23,27)(H,24,28)(H,25,29)/t18-,19+/m1/s1. The molecule has 3 amide bonds. The van der Waals surface area contributed by atoms with Gasteiger partial charge in [-0.15, -0.1) is 0 Å². The number of primary amides is 1. The molecule has 8 heteroatoms. The summed E-state index contributed by atoms with van der Waals surface area (Å²) < 4.78 is 5.06. The lowest BCUT2D eigenvalue weighted by Crippen LogP contribution is -2.55. The summed E-state index contributed by atoms with van der Waals surface area (Å²) in [5, 5.41) is 14.3. The highest BCUT2D eigenvalue weighted by Gasteiger charge is 2.26. The smallest absolute Gasteiger partial charge is 0.408 e. The molecule has 2 aromatic carbocycles. The van der Waals surface area contributed by atoms with Crippen LogP contribution in [0.5, 0.6) is 0 Å². The predicted octanol–water partition coefficient (Wildman–Crippen LogP) is 1.10. The number of carbonyl (C=O) groups excluding carboxylic acids is 3. The van der Waals surface area contributed by atoms with Crippen LogP contribution < -0.4 is 16.4 Å². The number of benzene rings is 2. The van der Waals surface area contributed by atoms with E-state index in [1.54, 1.807) is 24.3 Å². The number of nitrogens with two attached hydrogens (primary N) is 1. The van der Waals surface area contributed by atoms with Crippen LogP contribution in [0.3, 0.4) is 0 Å². The predicted molar refractivity (Wildman–Crippen MR) is 111 cm³/mol. The highest BCUT2D eigenvalue weighted by atomic mass is 16.5. The fourth-order valence-electron chi connectivity index (χ4n) is 2.97. The molecule has 0 heterocycles. The van der Waals surface area contributed by atoms with E-state index in [0.717, 1.165) is 22.3 Å². The summed E-state index contributed by atoms with van der Waals surface area (Å²) >= 11 is 0. The van der Waals surface area contributed by atoms with Crippen molar-refractivity contribution in [1.29, 1.82) is 0 Å². The molecule has 0 aliphatic heterocycles. The fraction of sp³-hybridized carbons (Fsp3) is 0.318. The Morgan fingerprint density at radius 2 is 1.60 bits per heavy atom. The van der Waals surface area contributed by atoms with Crippen LogP contribution in [0.25, 0.3) is 0 Å². The number of alkyl carbamates (subject to hydrolysis) is 1. The van der Waals surface area contributed by atoms with Gasteiger partial charge >= 0.3 is 6.09 Å². The maximum absolute atomic E-state index is 12.5. The Hall–Kier alpha value is -3.39. The zero-order chi connectivity index (χ0) is 22.1. The summed E-state index contributed by atoms with van der Waals surface area (Å²) in [6.07, 6.45) is -0.658. The topological polar surface area (TPSA) is 131 Å². The Balaban J connectivity index is 1.97. The van der Waals surface area contributed by atoms with Crippen molar-refractivity contribution >= 4 is 17.9 Å². The summed E-state index contributed by atoms with van der Waals surface area (Å²) in [7, 11) is 0. The number of amides is 3. The molecular formula is C22H27N3O5. The first-order chi connectivity index (χ1) is 14.3. The van der Waals surface area contributed by atoms with Crippen molar-refractivity contribution in [2.45, 2.75) is 39.0 Å². The van der Waals surface area contributed by atoms with Gasteiger partial charge in [0.1, 0.15) is 18.7 Å². The van der Waals surface area contributed by atoms with Crippen LogP contribution in [0.2, 0.25) is 0 Å². The molecule has 0 aromatic heterocycles. The van der Waals surface area contributed by atoms with Crippen molar-refractivity contribution in [3.05, 3.63) is 70.8 Å². The minimum atomic E-state index is -1.28. The van der Waals surface area contributed by atoms with Crippen molar-refractivity contribution in [2.75, 3.05) is 6.61 Å². The summed E-state index contributed by atoms with van der Waals surface area (Å²) in [5.74, 6) is -1.45. The molecule has 2 rings (SSSR count). The number of nitrogens with one attached hydrogen (secondary N) is 2. The molecule has 0 aliphatic carbocycles. The van der Waals surface area contributed by atoms with Crippen molar-refractivity contribution in [3.63, 3.8) is 0 Å². The molecule has 0 aliphatic rings. The summed E-state index contributed by atoms with van der Waals surface area (Å²) in [5.41, 5.74) is 9.08. The molecule has 0 unspecified atom stereocenters. The highest BCUT2D eigenvalue weighted by molar-refractivity contribution is 5.91. The van der Waals surface area contributed by atoms with Crippen LogP contribution in [0.4, 0.5) is 4.79 Å². The van der Waals surface area contributed by atoms with Crippen LogP contribution in [0.1, 0.15) is 22.3 Å². The Morgan fingerprint density at radius 3 is 2.17 bits per heavy atom. The maximum Gasteiger partial charge on any atom is 0.408 e. The van der Waals surface area contributed by atoms with E-state index in [2.05, 4.69) is 10.6 Å². The van der Waals surface area contributed by atoms with Crippen molar-refractivity contribution in [2.24, 2.45) is 5.73 Å². The second kappa shape index (κ2) is 11.0. The van der Waals surface area contributed by atoms with E-state index in [-0.39, 0.29) is 13.0 Å². The molecule has 0 spiro atoms. The van der Waals surface area contributed by atoms with Gasteiger partial charge in [-0.2, -0.15) is 0 Å². The second-order valence-corrected chi connectivity index (χ2v) is 6.98. The third-order valence-electron chi connectivity index (χ3n) is 4.72. The van der Waals surface area contributed by atoms with Crippen LogP contribution in [0, 0.1) is 13.8 Å². The molecular weight excluding hydrogens is 386 g/mol. The minimum absolute atomic E-state index is 0.0168. The van der Waals surface area contributed by atoms with Gasteiger partial charge in [0.2, 0.25) is 11.8 Å². The van der Waals surface area contributed by atoms with Gasteiger partial charge in [0.15, 0.2) is 0 Å². The summed E-state index contributed by atoms with van der Waals surface area (Å²) in [6.45, 7) is 3.16. The average molecular weight is 413 g/mol. The third-order valence-corrected chi connectivity index (χ3v) is 4.72. The van der Waals surface area contributed by atoms with Crippen LogP contribution in [-0.2, 0) is 27.4 Å². The molecule has 0 radical (unpaired) electrons. The van der Waals surface area contributed by atoms with Gasteiger partial charge in [-0.25, -0.2) is 4.79 Å². The number of aliphatic hydroxyl groups excluding tert-OH is 1. The number of aliphatic hydroxyl groups is 1. The first kappa shape index (κ1) is 22.9. The van der Waals surface area contributed by atoms with Crippen molar-refractivity contribution in [3.8, 4) is 0 Å². The number of ether oxygens (including phenoxy) is 1. The molecule has 0 saturated carbocycles. The number of carbonyl (C=O) groups is 3. The monoisotopic (exact) mass is 413 g/mol. The van der Waals surface area contributed by atoms with Gasteiger partial charge in [-0.1, -0.05) is 48.5 Å². The van der Waals surface area contributed by atoms with Gasteiger partial charge in [0.05, 0.1) is 6.61 Å². The second-order valence-electron chi connectivity index (χ2n) is 6.98. The normalized spacial score (nSPS) is 12.5. The lowest BCUT2D eigenvalue weighted by Gasteiger charge is -2.22. The Bertz CT molecular complexity index is 865. The maximum atomic E-state index is 12.5. The van der Waals surface area contributed by atoms with Gasteiger partial charge in [-0.05, 0) is 36.1 Å². The molecule has 2 atom stereocenters. The van der Waals surface area contributed by atoms with Crippen molar-refractivity contribution < 1.29 is 24.2 Å². The van der Waals surface area contributed by atoms with Crippen LogP contribution in [0.15, 0.2) is 48.5 Å². The molecule has 160 valence electrons. The first-order valence-electron chi connectivity index (χ1n) is 9.54. The van der Waals surface area contributed by atoms with Gasteiger partial charge in [-0.3, -0.25) is 9.59 Å². The average Bonchev–Trinajstić information content (AvgIpc) is 2.72. The van der Waals surface area contributed by atoms with E-state index >= 15 is 0 Å². The molecule has 2 aromatic rings. The Kier molecular flexibility index (Phi) is 8.37. The molecule has 30 heavy (non-hydrogen) atoms. The Labute approximate surface area is 175 Å². The van der Waals surface area contributed by atoms with Gasteiger partial charge < -0.3 is 26.2 Å². The zero-order valence-corrected chi connectivity index (χ0v) is 17.1. The van der Waals surface area contributed by atoms with Gasteiger partial charge in [0.25, 0.3) is 0 Å². The summed E-state index contributed by atoms with van der Waals surface area (Å²) in [4.78, 5) is 36.4. The lowest BCUT2D eigenvalue weighted by molar-refractivity contribution is -0.129. The summed E-state index contributed by atoms with van der Waals surface area (Å²) in [6, 6.07) is 12.5. The first-order valence-corrected chi connectivity index (χ1v) is 9.54. The third kappa shape index (κ3) is 6.59. The van der Waals surface area contributed by atoms with E-state index in [4.69, 9.17) is 10.5 Å². The zero-order valence-electron chi connectivity index (χ0n) is 17.1. The highest BCUT2D eigenvalue weighted by Crippen LogP contribution is 2.15. The van der Waals surface area contributed by atoms with E-state index < -0.39 is 36.6 Å². The number of aryl methyl sites for hydroxylation is 2. The molecule has 0 saturated heterocycles. The molecule has 8 nitrogen and oxygen atoms in total. The largest absolute Gasteiger partial charge is 0.445 e. The van der Waals surface area contributed by atoms with E-state index in [1.807, 2.05) is 38.1 Å². The number of hydrogen-bond donors (Lipinski definition) is 4. The van der Waals surface area contributed by atoms with Gasteiger partial charge in [0, 0.05) is 6.42 Å². The molecule has 5 N–H and O–H groups in total. The van der Waals surface area contributed by atoms with Crippen molar-refractivity contribution in [1.82, 2.24) is 10.6 Å². The molecule has 0 bridgehead atoms. The van der Waals surface area contributed by atoms with Crippen LogP contribution in [-0.4, -0.2) is 41.7 Å².